The lowest BCUT2D eigenvalue weighted by Gasteiger charge is -2.17. The van der Waals surface area contributed by atoms with Crippen LogP contribution in [-0.4, -0.2) is 24.2 Å². The number of aryl methyl sites for hydroxylation is 1. The smallest absolute Gasteiger partial charge is 0.257 e. The van der Waals surface area contributed by atoms with Gasteiger partial charge in [0.15, 0.2) is 5.76 Å². The molecule has 5 nitrogen and oxygen atoms in total. The van der Waals surface area contributed by atoms with Crippen LogP contribution in [-0.2, 0) is 6.54 Å². The van der Waals surface area contributed by atoms with Crippen molar-refractivity contribution in [3.05, 3.63) is 46.8 Å². The molecule has 0 saturated carbocycles. The number of hydrogen-bond acceptors (Lipinski definition) is 4. The van der Waals surface area contributed by atoms with Gasteiger partial charge in [0, 0.05) is 31.2 Å². The lowest BCUT2D eigenvalue weighted by Crippen LogP contribution is -2.24. The maximum Gasteiger partial charge on any atom is 0.257 e. The summed E-state index contributed by atoms with van der Waals surface area (Å²) in [5, 5.41) is 6.90. The van der Waals surface area contributed by atoms with Crippen LogP contribution in [0.4, 0.5) is 5.69 Å². The van der Waals surface area contributed by atoms with Crippen molar-refractivity contribution in [2.45, 2.75) is 46.1 Å². The minimum Gasteiger partial charge on any atom is -0.372 e. The first-order chi connectivity index (χ1) is 11.6. The summed E-state index contributed by atoms with van der Waals surface area (Å²) >= 11 is 0. The van der Waals surface area contributed by atoms with E-state index in [1.807, 2.05) is 13.8 Å². The summed E-state index contributed by atoms with van der Waals surface area (Å²) < 4.78 is 5.29. The van der Waals surface area contributed by atoms with E-state index >= 15 is 0 Å². The van der Waals surface area contributed by atoms with E-state index in [1.54, 1.807) is 6.92 Å². The molecule has 0 radical (unpaired) electrons. The van der Waals surface area contributed by atoms with Crippen molar-refractivity contribution in [3.63, 3.8) is 0 Å². The number of nitrogens with one attached hydrogen (secondary N) is 1. The first-order valence-electron chi connectivity index (χ1n) is 8.64. The van der Waals surface area contributed by atoms with Gasteiger partial charge >= 0.3 is 0 Å². The summed E-state index contributed by atoms with van der Waals surface area (Å²) in [7, 11) is 0. The Morgan fingerprint density at radius 2 is 1.92 bits per heavy atom. The maximum atomic E-state index is 12.5. The third kappa shape index (κ3) is 3.45. The van der Waals surface area contributed by atoms with Crippen LogP contribution in [0.3, 0.4) is 0 Å². The molecule has 0 spiro atoms. The maximum absolute atomic E-state index is 12.5. The van der Waals surface area contributed by atoms with Gasteiger partial charge in [-0.05, 0) is 37.5 Å². The van der Waals surface area contributed by atoms with E-state index in [9.17, 15) is 4.79 Å². The zero-order chi connectivity index (χ0) is 17.1. The summed E-state index contributed by atoms with van der Waals surface area (Å²) in [5.74, 6) is 0.655. The molecule has 3 rings (SSSR count). The molecule has 2 aromatic rings. The number of anilines is 1. The normalized spacial score (nSPS) is 14.4. The highest BCUT2D eigenvalue weighted by Crippen LogP contribution is 2.23. The van der Waals surface area contributed by atoms with Crippen molar-refractivity contribution in [2.75, 3.05) is 18.0 Å². The quantitative estimate of drug-likeness (QED) is 0.911. The third-order valence-electron chi connectivity index (χ3n) is 4.50. The summed E-state index contributed by atoms with van der Waals surface area (Å²) in [6.07, 6.45) is 2.54. The van der Waals surface area contributed by atoms with Crippen LogP contribution in [0.1, 0.15) is 60.0 Å². The number of aromatic nitrogens is 1. The molecule has 1 aliphatic rings. The average molecular weight is 327 g/mol. The molecule has 1 amide bonds. The SMILES string of the molecule is Cc1noc(C(C)C)c1C(=O)NCc1ccc(N2CCCC2)cc1. The predicted octanol–water partition coefficient (Wildman–Crippen LogP) is 3.64. The Labute approximate surface area is 143 Å². The van der Waals surface area contributed by atoms with Crippen molar-refractivity contribution in [1.82, 2.24) is 10.5 Å². The van der Waals surface area contributed by atoms with E-state index in [0.29, 0.717) is 23.6 Å². The summed E-state index contributed by atoms with van der Waals surface area (Å²) in [6.45, 7) is 8.57. The lowest BCUT2D eigenvalue weighted by atomic mass is 10.0. The number of hydrogen-bond donors (Lipinski definition) is 1. The molecule has 0 unspecified atom stereocenters. The number of carbonyl (C=O) groups excluding carboxylic acids is 1. The van der Waals surface area contributed by atoms with E-state index in [0.717, 1.165) is 18.7 Å². The third-order valence-corrected chi connectivity index (χ3v) is 4.50. The Morgan fingerprint density at radius 1 is 1.25 bits per heavy atom. The van der Waals surface area contributed by atoms with Gasteiger partial charge in [0.1, 0.15) is 5.56 Å². The second-order valence-electron chi connectivity index (χ2n) is 6.71. The van der Waals surface area contributed by atoms with Crippen molar-refractivity contribution in [3.8, 4) is 0 Å². The molecule has 1 N–H and O–H groups in total. The number of nitrogens with zero attached hydrogens (tertiary/aromatic N) is 2. The fourth-order valence-electron chi connectivity index (χ4n) is 3.13. The first kappa shape index (κ1) is 16.6. The Hall–Kier alpha value is -2.30. The monoisotopic (exact) mass is 327 g/mol. The Morgan fingerprint density at radius 3 is 2.54 bits per heavy atom. The molecule has 24 heavy (non-hydrogen) atoms. The summed E-state index contributed by atoms with van der Waals surface area (Å²) in [6, 6.07) is 8.43. The molecular formula is C19H25N3O2. The minimum atomic E-state index is -0.124. The zero-order valence-corrected chi connectivity index (χ0v) is 14.6. The number of amides is 1. The highest BCUT2D eigenvalue weighted by molar-refractivity contribution is 5.96. The fraction of sp³-hybridized carbons (Fsp3) is 0.474. The molecule has 1 aliphatic heterocycles. The van der Waals surface area contributed by atoms with Crippen LogP contribution in [0.2, 0.25) is 0 Å². The van der Waals surface area contributed by atoms with Crippen LogP contribution >= 0.6 is 0 Å². The Balaban J connectivity index is 1.63. The molecule has 1 aromatic carbocycles. The second kappa shape index (κ2) is 7.07. The van der Waals surface area contributed by atoms with Crippen molar-refractivity contribution in [1.29, 1.82) is 0 Å². The molecule has 1 saturated heterocycles. The van der Waals surface area contributed by atoms with E-state index in [4.69, 9.17) is 4.52 Å². The van der Waals surface area contributed by atoms with Gasteiger partial charge in [-0.3, -0.25) is 4.79 Å². The van der Waals surface area contributed by atoms with Gasteiger partial charge in [0.25, 0.3) is 5.91 Å². The highest BCUT2D eigenvalue weighted by Gasteiger charge is 2.22. The van der Waals surface area contributed by atoms with Gasteiger partial charge < -0.3 is 14.7 Å². The van der Waals surface area contributed by atoms with E-state index < -0.39 is 0 Å². The minimum absolute atomic E-state index is 0.124. The average Bonchev–Trinajstić information content (AvgIpc) is 3.22. The largest absolute Gasteiger partial charge is 0.372 e. The van der Waals surface area contributed by atoms with Crippen LogP contribution < -0.4 is 10.2 Å². The Kier molecular flexibility index (Phi) is 4.88. The first-order valence-corrected chi connectivity index (χ1v) is 8.64. The molecule has 2 heterocycles. The highest BCUT2D eigenvalue weighted by atomic mass is 16.5. The predicted molar refractivity (Wildman–Crippen MR) is 94.4 cm³/mol. The van der Waals surface area contributed by atoms with Gasteiger partial charge in [0.2, 0.25) is 0 Å². The van der Waals surface area contributed by atoms with Crippen molar-refractivity contribution >= 4 is 11.6 Å². The zero-order valence-electron chi connectivity index (χ0n) is 14.6. The standard InChI is InChI=1S/C19H25N3O2/c1-13(2)18-17(14(3)21-24-18)19(23)20-12-15-6-8-16(9-7-15)22-10-4-5-11-22/h6-9,13H,4-5,10-12H2,1-3H3,(H,20,23). The van der Waals surface area contributed by atoms with Crippen LogP contribution in [0.5, 0.6) is 0 Å². The van der Waals surface area contributed by atoms with Crippen molar-refractivity contribution < 1.29 is 9.32 Å². The van der Waals surface area contributed by atoms with Crippen LogP contribution in [0.25, 0.3) is 0 Å². The van der Waals surface area contributed by atoms with Gasteiger partial charge in [-0.2, -0.15) is 0 Å². The van der Waals surface area contributed by atoms with E-state index in [1.165, 1.54) is 18.5 Å². The van der Waals surface area contributed by atoms with E-state index in [-0.39, 0.29) is 11.8 Å². The van der Waals surface area contributed by atoms with Gasteiger partial charge in [-0.15, -0.1) is 0 Å². The Bertz CT molecular complexity index is 698. The molecule has 0 aliphatic carbocycles. The van der Waals surface area contributed by atoms with Gasteiger partial charge in [0.05, 0.1) is 5.69 Å². The van der Waals surface area contributed by atoms with Crippen LogP contribution in [0.15, 0.2) is 28.8 Å². The van der Waals surface area contributed by atoms with E-state index in [2.05, 4.69) is 39.6 Å². The summed E-state index contributed by atoms with van der Waals surface area (Å²) in [4.78, 5) is 14.9. The lowest BCUT2D eigenvalue weighted by molar-refractivity contribution is 0.0948. The molecule has 128 valence electrons. The molecule has 0 atom stereocenters. The molecule has 5 heteroatoms. The van der Waals surface area contributed by atoms with Crippen molar-refractivity contribution in [2.24, 2.45) is 0 Å². The van der Waals surface area contributed by atoms with Crippen LogP contribution in [0, 0.1) is 6.92 Å². The van der Waals surface area contributed by atoms with Gasteiger partial charge in [-0.1, -0.05) is 31.1 Å². The molecular weight excluding hydrogens is 302 g/mol. The number of rotatable bonds is 5. The van der Waals surface area contributed by atoms with Gasteiger partial charge in [-0.25, -0.2) is 0 Å². The summed E-state index contributed by atoms with van der Waals surface area (Å²) in [5.41, 5.74) is 3.56. The molecule has 1 fully saturated rings. The number of benzene rings is 1. The fourth-order valence-corrected chi connectivity index (χ4v) is 3.13. The topological polar surface area (TPSA) is 58.4 Å². The second-order valence-corrected chi connectivity index (χ2v) is 6.71. The number of carbonyl (C=O) groups is 1. The molecule has 1 aromatic heterocycles. The molecule has 0 bridgehead atoms.